The Hall–Kier alpha value is -6.47. The molecule has 3 aliphatic carbocycles. The molecule has 274 valence electrons. The molecule has 2 unspecified atom stereocenters. The molecule has 4 nitrogen and oxygen atoms in total. The van der Waals surface area contributed by atoms with E-state index in [0.29, 0.717) is 23.4 Å². The average Bonchev–Trinajstić information content (AvgIpc) is 3.66. The molecule has 6 aromatic carbocycles. The van der Waals surface area contributed by atoms with Crippen LogP contribution in [0.2, 0.25) is 0 Å². The fraction of sp³-hybridized carbons (Fsp3) is 0.0962. The maximum absolute atomic E-state index is 5.09. The summed E-state index contributed by atoms with van der Waals surface area (Å²) in [6.45, 7) is 0. The molecule has 1 fully saturated rings. The SMILES string of the molecule is C1=CC2c3c(ccc4c5c(sc34)C=CC3C[C@@H]53)N(c3cc(-c4cccc(-c5nc(-c6ccccc6)nc(-c6ccccc6)n5)c4)c4sc5ccccc5c4c3)[C@@H]2C=C1. The number of hydrogen-bond acceptors (Lipinski definition) is 6. The molecule has 6 heteroatoms. The highest BCUT2D eigenvalue weighted by atomic mass is 32.1. The van der Waals surface area contributed by atoms with Gasteiger partial charge < -0.3 is 4.90 Å². The van der Waals surface area contributed by atoms with Gasteiger partial charge in [-0.3, -0.25) is 0 Å². The second-order valence-electron chi connectivity index (χ2n) is 15.9. The number of nitrogens with zero attached hydrogens (tertiary/aromatic N) is 4. The molecule has 0 saturated heterocycles. The Labute approximate surface area is 343 Å². The highest BCUT2D eigenvalue weighted by Gasteiger charge is 2.44. The Morgan fingerprint density at radius 2 is 1.24 bits per heavy atom. The Morgan fingerprint density at radius 3 is 2.05 bits per heavy atom. The lowest BCUT2D eigenvalue weighted by Gasteiger charge is -2.29. The standard InChI is InChI=1S/C52H34N4S2/c1-3-12-30(13-4-1)50-53-51(31-14-5-2-6-15-31)55-52(54-50)34-17-11-16-32(26-34)40-28-35(29-41-36-18-8-10-21-44(36)57-48(40)41)56-42-20-9-7-19-37(42)47-43(56)24-23-38-46-39-27-33(39)22-25-45(46)58-49(38)47/h1-26,28-29,33,37,39,42H,27H2/t33?,37?,39-,42-/m1/s1. The molecule has 4 atom stereocenters. The van der Waals surface area contributed by atoms with Crippen molar-refractivity contribution in [3.8, 4) is 45.3 Å². The van der Waals surface area contributed by atoms with Crippen molar-refractivity contribution in [2.24, 2.45) is 5.92 Å². The molecule has 0 bridgehead atoms. The zero-order valence-corrected chi connectivity index (χ0v) is 32.9. The molecule has 13 rings (SSSR count). The van der Waals surface area contributed by atoms with Gasteiger partial charge in [0.2, 0.25) is 0 Å². The van der Waals surface area contributed by atoms with E-state index in [-0.39, 0.29) is 12.0 Å². The minimum absolute atomic E-state index is 0.188. The number of allylic oxidation sites excluding steroid dienone is 3. The monoisotopic (exact) mass is 778 g/mol. The van der Waals surface area contributed by atoms with Crippen molar-refractivity contribution in [1.82, 2.24) is 15.0 Å². The largest absolute Gasteiger partial charge is 0.333 e. The fourth-order valence-corrected chi connectivity index (χ4v) is 12.3. The molecule has 0 amide bonds. The zero-order chi connectivity index (χ0) is 37.9. The maximum Gasteiger partial charge on any atom is 0.164 e. The fourth-order valence-electron chi connectivity index (χ4n) is 9.73. The predicted molar refractivity (Wildman–Crippen MR) is 243 cm³/mol. The summed E-state index contributed by atoms with van der Waals surface area (Å²) >= 11 is 3.88. The first-order valence-electron chi connectivity index (χ1n) is 20.1. The number of rotatable bonds is 5. The van der Waals surface area contributed by atoms with Crippen LogP contribution in [-0.4, -0.2) is 21.0 Å². The van der Waals surface area contributed by atoms with Crippen LogP contribution >= 0.6 is 22.7 Å². The average molecular weight is 779 g/mol. The van der Waals surface area contributed by atoms with Gasteiger partial charge in [0.25, 0.3) is 0 Å². The molecule has 9 aromatic rings. The number of hydrogen-bond donors (Lipinski definition) is 0. The molecule has 3 aromatic heterocycles. The smallest absolute Gasteiger partial charge is 0.164 e. The summed E-state index contributed by atoms with van der Waals surface area (Å²) in [6.07, 6.45) is 15.5. The first-order valence-corrected chi connectivity index (χ1v) is 21.7. The number of benzene rings is 6. The third-order valence-corrected chi connectivity index (χ3v) is 15.0. The lowest BCUT2D eigenvalue weighted by molar-refractivity contribution is 0.748. The lowest BCUT2D eigenvalue weighted by atomic mass is 9.90. The minimum atomic E-state index is 0.188. The molecular weight excluding hydrogens is 745 g/mol. The van der Waals surface area contributed by atoms with E-state index in [1.807, 2.05) is 59.1 Å². The van der Waals surface area contributed by atoms with Crippen LogP contribution in [0, 0.1) is 5.92 Å². The molecule has 0 spiro atoms. The Kier molecular flexibility index (Phi) is 7.03. The van der Waals surface area contributed by atoms with Crippen LogP contribution in [0.15, 0.2) is 164 Å². The molecule has 1 saturated carbocycles. The van der Waals surface area contributed by atoms with E-state index in [1.165, 1.54) is 64.1 Å². The highest BCUT2D eigenvalue weighted by Crippen LogP contribution is 2.60. The van der Waals surface area contributed by atoms with Crippen LogP contribution in [0.3, 0.4) is 0 Å². The summed E-state index contributed by atoms with van der Waals surface area (Å²) in [4.78, 5) is 19.2. The second-order valence-corrected chi connectivity index (χ2v) is 18.0. The van der Waals surface area contributed by atoms with Crippen LogP contribution in [-0.2, 0) is 0 Å². The van der Waals surface area contributed by atoms with Gasteiger partial charge in [-0.1, -0.05) is 134 Å². The third-order valence-electron chi connectivity index (χ3n) is 12.5. The molecular formula is C52H34N4S2. The van der Waals surface area contributed by atoms with E-state index < -0.39 is 0 Å². The lowest BCUT2D eigenvalue weighted by Crippen LogP contribution is -2.28. The number of anilines is 2. The van der Waals surface area contributed by atoms with Crippen LogP contribution in [0.25, 0.3) is 81.6 Å². The van der Waals surface area contributed by atoms with Gasteiger partial charge in [0.15, 0.2) is 17.5 Å². The number of fused-ring (bicyclic) bond motifs is 12. The van der Waals surface area contributed by atoms with Crippen LogP contribution in [0.1, 0.15) is 34.3 Å². The summed E-state index contributed by atoms with van der Waals surface area (Å²) < 4.78 is 4.05. The number of aromatic nitrogens is 3. The van der Waals surface area contributed by atoms with Crippen molar-refractivity contribution in [3.63, 3.8) is 0 Å². The first-order chi connectivity index (χ1) is 28.7. The topological polar surface area (TPSA) is 41.9 Å². The van der Waals surface area contributed by atoms with Crippen molar-refractivity contribution in [2.75, 3.05) is 4.90 Å². The summed E-state index contributed by atoms with van der Waals surface area (Å²) in [6, 6.07) is 48.0. The summed E-state index contributed by atoms with van der Waals surface area (Å²) in [7, 11) is 0. The molecule has 4 aliphatic rings. The van der Waals surface area contributed by atoms with E-state index in [2.05, 4.69) is 138 Å². The van der Waals surface area contributed by atoms with Gasteiger partial charge in [0, 0.05) is 74.9 Å². The molecule has 58 heavy (non-hydrogen) atoms. The van der Waals surface area contributed by atoms with Crippen molar-refractivity contribution in [1.29, 1.82) is 0 Å². The van der Waals surface area contributed by atoms with Gasteiger partial charge in [-0.05, 0) is 71.2 Å². The van der Waals surface area contributed by atoms with Gasteiger partial charge in [-0.25, -0.2) is 15.0 Å². The van der Waals surface area contributed by atoms with Crippen molar-refractivity contribution < 1.29 is 0 Å². The minimum Gasteiger partial charge on any atom is -0.333 e. The third kappa shape index (κ3) is 4.95. The summed E-state index contributed by atoms with van der Waals surface area (Å²) in [5.74, 6) is 3.69. The zero-order valence-electron chi connectivity index (χ0n) is 31.3. The van der Waals surface area contributed by atoms with Crippen LogP contribution in [0.5, 0.6) is 0 Å². The van der Waals surface area contributed by atoms with Crippen LogP contribution < -0.4 is 4.90 Å². The Bertz CT molecular complexity index is 3190. The van der Waals surface area contributed by atoms with E-state index in [4.69, 9.17) is 15.0 Å². The van der Waals surface area contributed by atoms with Gasteiger partial charge >= 0.3 is 0 Å². The number of thiophene rings is 2. The molecule has 1 aliphatic heterocycles. The van der Waals surface area contributed by atoms with E-state index in [1.54, 1.807) is 5.56 Å². The van der Waals surface area contributed by atoms with Crippen LogP contribution in [0.4, 0.5) is 11.4 Å². The van der Waals surface area contributed by atoms with Gasteiger partial charge in [0.05, 0.1) is 6.04 Å². The first kappa shape index (κ1) is 32.6. The molecule has 4 heterocycles. The van der Waals surface area contributed by atoms with Gasteiger partial charge in [0.1, 0.15) is 0 Å². The normalized spacial score (nSPS) is 19.8. The van der Waals surface area contributed by atoms with Crippen molar-refractivity contribution in [2.45, 2.75) is 24.3 Å². The van der Waals surface area contributed by atoms with E-state index >= 15 is 0 Å². The highest BCUT2D eigenvalue weighted by molar-refractivity contribution is 7.26. The summed E-state index contributed by atoms with van der Waals surface area (Å²) in [5.41, 5.74) is 10.8. The molecule has 0 N–H and O–H groups in total. The van der Waals surface area contributed by atoms with Crippen molar-refractivity contribution in [3.05, 3.63) is 180 Å². The van der Waals surface area contributed by atoms with Gasteiger partial charge in [-0.15, -0.1) is 22.7 Å². The quantitative estimate of drug-likeness (QED) is 0.174. The van der Waals surface area contributed by atoms with E-state index in [9.17, 15) is 0 Å². The molecule has 0 radical (unpaired) electrons. The maximum atomic E-state index is 5.09. The second kappa shape index (κ2) is 12.5. The van der Waals surface area contributed by atoms with Gasteiger partial charge in [-0.2, -0.15) is 0 Å². The Balaban J connectivity index is 1.00. The van der Waals surface area contributed by atoms with Crippen molar-refractivity contribution >= 4 is 70.4 Å². The Morgan fingerprint density at radius 1 is 0.534 bits per heavy atom. The predicted octanol–water partition coefficient (Wildman–Crippen LogP) is 14.0. The summed E-state index contributed by atoms with van der Waals surface area (Å²) in [5, 5.41) is 4.05. The van der Waals surface area contributed by atoms with E-state index in [0.717, 1.165) is 28.2 Å².